The standard InChI is InChI=1S/C15H17N3O3/c1-9-7-11(14(20)17-15(8-19)5-6-15)3-4-12(9)13-16-10(2)21-18-13/h3-4,7,19H,5-6,8H2,1-2H3,(H,17,20). The Balaban J connectivity index is 1.82. The molecule has 0 radical (unpaired) electrons. The number of aliphatic hydroxyl groups excluding tert-OH is 1. The Kier molecular flexibility index (Phi) is 3.25. The predicted octanol–water partition coefficient (Wildman–Crippen LogP) is 1.61. The highest BCUT2D eigenvalue weighted by Crippen LogP contribution is 2.35. The van der Waals surface area contributed by atoms with Crippen molar-refractivity contribution in [2.75, 3.05) is 6.61 Å². The predicted molar refractivity (Wildman–Crippen MR) is 75.7 cm³/mol. The van der Waals surface area contributed by atoms with Crippen LogP contribution >= 0.6 is 0 Å². The number of carbonyl (C=O) groups excluding carboxylic acids is 1. The van der Waals surface area contributed by atoms with E-state index in [0.717, 1.165) is 24.0 Å². The average Bonchev–Trinajstić information content (AvgIpc) is 3.11. The van der Waals surface area contributed by atoms with Crippen LogP contribution in [0.4, 0.5) is 0 Å². The van der Waals surface area contributed by atoms with Gasteiger partial charge in [0, 0.05) is 18.1 Å². The van der Waals surface area contributed by atoms with Crippen molar-refractivity contribution in [1.29, 1.82) is 0 Å². The number of aliphatic hydroxyl groups is 1. The summed E-state index contributed by atoms with van der Waals surface area (Å²) in [4.78, 5) is 16.4. The average molecular weight is 287 g/mol. The molecular formula is C15H17N3O3. The molecule has 0 atom stereocenters. The molecule has 0 unspecified atom stereocenters. The van der Waals surface area contributed by atoms with E-state index in [1.807, 2.05) is 13.0 Å². The van der Waals surface area contributed by atoms with E-state index >= 15 is 0 Å². The molecular weight excluding hydrogens is 270 g/mol. The van der Waals surface area contributed by atoms with E-state index in [1.54, 1.807) is 19.1 Å². The maximum Gasteiger partial charge on any atom is 0.251 e. The second-order valence-electron chi connectivity index (χ2n) is 5.56. The highest BCUT2D eigenvalue weighted by molar-refractivity contribution is 5.95. The van der Waals surface area contributed by atoms with E-state index in [-0.39, 0.29) is 12.5 Å². The maximum absolute atomic E-state index is 12.2. The van der Waals surface area contributed by atoms with Gasteiger partial charge < -0.3 is 14.9 Å². The molecule has 21 heavy (non-hydrogen) atoms. The van der Waals surface area contributed by atoms with Crippen LogP contribution in [0.2, 0.25) is 0 Å². The fraction of sp³-hybridized carbons (Fsp3) is 0.400. The molecule has 1 aromatic carbocycles. The summed E-state index contributed by atoms with van der Waals surface area (Å²) in [5, 5.41) is 16.0. The number of aromatic nitrogens is 2. The minimum atomic E-state index is -0.408. The highest BCUT2D eigenvalue weighted by atomic mass is 16.5. The molecule has 0 aliphatic heterocycles. The maximum atomic E-state index is 12.2. The molecule has 1 aliphatic rings. The number of aryl methyl sites for hydroxylation is 2. The lowest BCUT2D eigenvalue weighted by atomic mass is 10.0. The van der Waals surface area contributed by atoms with Gasteiger partial charge in [0.2, 0.25) is 11.7 Å². The number of nitrogens with zero attached hydrogens (tertiary/aromatic N) is 2. The van der Waals surface area contributed by atoms with Crippen LogP contribution < -0.4 is 5.32 Å². The monoisotopic (exact) mass is 287 g/mol. The van der Waals surface area contributed by atoms with Crippen molar-refractivity contribution < 1.29 is 14.4 Å². The summed E-state index contributed by atoms with van der Waals surface area (Å²) in [5.41, 5.74) is 1.90. The van der Waals surface area contributed by atoms with Gasteiger partial charge in [-0.1, -0.05) is 11.2 Å². The van der Waals surface area contributed by atoms with Crippen molar-refractivity contribution >= 4 is 5.91 Å². The van der Waals surface area contributed by atoms with E-state index in [2.05, 4.69) is 15.5 Å². The van der Waals surface area contributed by atoms with E-state index < -0.39 is 5.54 Å². The van der Waals surface area contributed by atoms with Crippen molar-refractivity contribution in [1.82, 2.24) is 15.5 Å². The van der Waals surface area contributed by atoms with Crippen molar-refractivity contribution in [3.63, 3.8) is 0 Å². The van der Waals surface area contributed by atoms with Gasteiger partial charge in [0.05, 0.1) is 12.1 Å². The molecule has 0 spiro atoms. The third kappa shape index (κ3) is 2.67. The van der Waals surface area contributed by atoms with Gasteiger partial charge in [0.1, 0.15) is 0 Å². The molecule has 0 saturated heterocycles. The van der Waals surface area contributed by atoms with Crippen LogP contribution in [-0.4, -0.2) is 33.3 Å². The summed E-state index contributed by atoms with van der Waals surface area (Å²) in [7, 11) is 0. The summed E-state index contributed by atoms with van der Waals surface area (Å²) >= 11 is 0. The molecule has 110 valence electrons. The van der Waals surface area contributed by atoms with E-state index in [1.165, 1.54) is 0 Å². The topological polar surface area (TPSA) is 88.2 Å². The Hall–Kier alpha value is -2.21. The SMILES string of the molecule is Cc1nc(-c2ccc(C(=O)NC3(CO)CC3)cc2C)no1. The number of hydrogen-bond acceptors (Lipinski definition) is 5. The van der Waals surface area contributed by atoms with E-state index in [9.17, 15) is 9.90 Å². The smallest absolute Gasteiger partial charge is 0.251 e. The number of hydrogen-bond donors (Lipinski definition) is 2. The summed E-state index contributed by atoms with van der Waals surface area (Å²) in [5.74, 6) is 0.858. The molecule has 1 heterocycles. The molecule has 1 saturated carbocycles. The van der Waals surface area contributed by atoms with Crippen molar-refractivity contribution in [2.45, 2.75) is 32.2 Å². The number of carbonyl (C=O) groups is 1. The summed E-state index contributed by atoms with van der Waals surface area (Å²) < 4.78 is 4.97. The van der Waals surface area contributed by atoms with Crippen LogP contribution in [0.1, 0.15) is 34.7 Å². The van der Waals surface area contributed by atoms with Gasteiger partial charge in [-0.05, 0) is 37.5 Å². The largest absolute Gasteiger partial charge is 0.394 e. The first kappa shape index (κ1) is 13.8. The zero-order valence-corrected chi connectivity index (χ0v) is 12.0. The number of benzene rings is 1. The fourth-order valence-electron chi connectivity index (χ4n) is 2.25. The first-order chi connectivity index (χ1) is 10.0. The number of nitrogens with one attached hydrogen (secondary N) is 1. The van der Waals surface area contributed by atoms with Crippen LogP contribution in [0.3, 0.4) is 0 Å². The van der Waals surface area contributed by atoms with E-state index in [4.69, 9.17) is 4.52 Å². The summed E-state index contributed by atoms with van der Waals surface area (Å²) in [6, 6.07) is 5.34. The normalized spacial score (nSPS) is 15.8. The minimum Gasteiger partial charge on any atom is -0.394 e. The first-order valence-electron chi connectivity index (χ1n) is 6.88. The third-order valence-electron chi connectivity index (χ3n) is 3.79. The van der Waals surface area contributed by atoms with Gasteiger partial charge in [-0.3, -0.25) is 4.79 Å². The lowest BCUT2D eigenvalue weighted by Crippen LogP contribution is -2.39. The van der Waals surface area contributed by atoms with Crippen LogP contribution in [-0.2, 0) is 0 Å². The van der Waals surface area contributed by atoms with Crippen LogP contribution in [0.25, 0.3) is 11.4 Å². The number of rotatable bonds is 4. The lowest BCUT2D eigenvalue weighted by molar-refractivity contribution is 0.0906. The number of amides is 1. The Morgan fingerprint density at radius 3 is 2.71 bits per heavy atom. The molecule has 3 rings (SSSR count). The molecule has 1 fully saturated rings. The molecule has 2 N–H and O–H groups in total. The van der Waals surface area contributed by atoms with Crippen LogP contribution in [0, 0.1) is 13.8 Å². The van der Waals surface area contributed by atoms with Gasteiger partial charge in [-0.2, -0.15) is 4.98 Å². The van der Waals surface area contributed by atoms with Crippen molar-refractivity contribution in [2.24, 2.45) is 0 Å². The van der Waals surface area contributed by atoms with E-state index in [0.29, 0.717) is 17.3 Å². The van der Waals surface area contributed by atoms with Gasteiger partial charge in [-0.25, -0.2) is 0 Å². The first-order valence-corrected chi connectivity index (χ1v) is 6.88. The van der Waals surface area contributed by atoms with Gasteiger partial charge in [0.15, 0.2) is 0 Å². The third-order valence-corrected chi connectivity index (χ3v) is 3.79. The Morgan fingerprint density at radius 2 is 2.19 bits per heavy atom. The van der Waals surface area contributed by atoms with Gasteiger partial charge >= 0.3 is 0 Å². The highest BCUT2D eigenvalue weighted by Gasteiger charge is 2.43. The quantitative estimate of drug-likeness (QED) is 0.892. The zero-order valence-electron chi connectivity index (χ0n) is 12.0. The summed E-state index contributed by atoms with van der Waals surface area (Å²) in [6.07, 6.45) is 1.66. The lowest BCUT2D eigenvalue weighted by Gasteiger charge is -2.14. The Labute approximate surface area is 122 Å². The molecule has 1 aromatic heterocycles. The molecule has 2 aromatic rings. The summed E-state index contributed by atoms with van der Waals surface area (Å²) in [6.45, 7) is 3.62. The second kappa shape index (κ2) is 4.96. The Bertz CT molecular complexity index is 689. The van der Waals surface area contributed by atoms with Gasteiger partial charge in [-0.15, -0.1) is 0 Å². The fourth-order valence-corrected chi connectivity index (χ4v) is 2.25. The van der Waals surface area contributed by atoms with Gasteiger partial charge in [0.25, 0.3) is 5.91 Å². The van der Waals surface area contributed by atoms with Crippen LogP contribution in [0.5, 0.6) is 0 Å². The Morgan fingerprint density at radius 1 is 1.43 bits per heavy atom. The molecule has 6 heteroatoms. The van der Waals surface area contributed by atoms with Crippen molar-refractivity contribution in [3.8, 4) is 11.4 Å². The van der Waals surface area contributed by atoms with Crippen LogP contribution in [0.15, 0.2) is 22.7 Å². The van der Waals surface area contributed by atoms with Crippen molar-refractivity contribution in [3.05, 3.63) is 35.2 Å². The zero-order chi connectivity index (χ0) is 15.0. The second-order valence-corrected chi connectivity index (χ2v) is 5.56. The molecule has 6 nitrogen and oxygen atoms in total. The molecule has 1 aliphatic carbocycles. The molecule has 1 amide bonds. The molecule has 0 bridgehead atoms. The minimum absolute atomic E-state index is 0.0159.